The van der Waals surface area contributed by atoms with Crippen molar-refractivity contribution in [3.8, 4) is 0 Å². The predicted octanol–water partition coefficient (Wildman–Crippen LogP) is 3.01. The second kappa shape index (κ2) is 7.50. The number of amides is 1. The summed E-state index contributed by atoms with van der Waals surface area (Å²) in [5.41, 5.74) is 1.25. The van der Waals surface area contributed by atoms with Gasteiger partial charge in [0.2, 0.25) is 0 Å². The average molecular weight is 406 g/mol. The van der Waals surface area contributed by atoms with Crippen molar-refractivity contribution in [2.24, 2.45) is 0 Å². The summed E-state index contributed by atoms with van der Waals surface area (Å²) in [6, 6.07) is 15.5. The Morgan fingerprint density at radius 2 is 1.83 bits per heavy atom. The van der Waals surface area contributed by atoms with Crippen LogP contribution in [-0.2, 0) is 12.1 Å². The number of fused-ring (bicyclic) bond motifs is 1. The quantitative estimate of drug-likeness (QED) is 0.698. The number of carbonyl (C=O) groups excluding carboxylic acids is 1. The van der Waals surface area contributed by atoms with Crippen molar-refractivity contribution in [3.63, 3.8) is 0 Å². The summed E-state index contributed by atoms with van der Waals surface area (Å²) >= 11 is 0. The summed E-state index contributed by atoms with van der Waals surface area (Å²) in [7, 11) is 0. The lowest BCUT2D eigenvalue weighted by atomic mass is 10.1. The lowest BCUT2D eigenvalue weighted by Crippen LogP contribution is -2.34. The number of carbonyl (C=O) groups is 1. The van der Waals surface area contributed by atoms with E-state index in [1.165, 1.54) is 12.1 Å². The van der Waals surface area contributed by atoms with Gasteiger partial charge in [0.15, 0.2) is 0 Å². The number of benzene rings is 2. The third-order valence-electron chi connectivity index (χ3n) is 5.35. The second-order valence-electron chi connectivity index (χ2n) is 7.98. The van der Waals surface area contributed by atoms with Gasteiger partial charge >= 0.3 is 0 Å². The Hall–Kier alpha value is -3.32. The fraction of sp³-hybridized carbons (Fsp3) is 0.261. The molecule has 154 valence electrons. The van der Waals surface area contributed by atoms with E-state index in [4.69, 9.17) is 0 Å². The molecule has 0 saturated carbocycles. The summed E-state index contributed by atoms with van der Waals surface area (Å²) < 4.78 is 14.7. The number of nitrogens with zero attached hydrogens (tertiary/aromatic N) is 2. The second-order valence-corrected chi connectivity index (χ2v) is 7.98. The largest absolute Gasteiger partial charge is 0.347 e. The van der Waals surface area contributed by atoms with Crippen LogP contribution < -0.4 is 16.2 Å². The molecule has 6 nitrogen and oxygen atoms in total. The highest BCUT2D eigenvalue weighted by Gasteiger charge is 2.40. The summed E-state index contributed by atoms with van der Waals surface area (Å²) in [5.74, 6) is -0.257. The molecule has 0 saturated heterocycles. The third kappa shape index (κ3) is 3.52. The zero-order chi connectivity index (χ0) is 21.5. The monoisotopic (exact) mass is 406 g/mol. The molecule has 0 radical (unpaired) electrons. The molecule has 2 N–H and O–H groups in total. The van der Waals surface area contributed by atoms with Crippen LogP contribution in [0.3, 0.4) is 0 Å². The van der Waals surface area contributed by atoms with Crippen molar-refractivity contribution in [1.82, 2.24) is 20.2 Å². The van der Waals surface area contributed by atoms with E-state index in [-0.39, 0.29) is 35.3 Å². The molecule has 1 amide bonds. The first-order valence-corrected chi connectivity index (χ1v) is 9.77. The molecule has 3 aromatic rings. The molecular formula is C23H23FN4O2. The highest BCUT2D eigenvalue weighted by atomic mass is 19.1. The molecule has 1 aliphatic heterocycles. The van der Waals surface area contributed by atoms with E-state index >= 15 is 0 Å². The van der Waals surface area contributed by atoms with Crippen LogP contribution in [0.4, 0.5) is 4.39 Å². The van der Waals surface area contributed by atoms with E-state index in [9.17, 15) is 14.0 Å². The number of aromatic nitrogens is 2. The predicted molar refractivity (Wildman–Crippen MR) is 112 cm³/mol. The van der Waals surface area contributed by atoms with Crippen LogP contribution in [0.2, 0.25) is 0 Å². The average Bonchev–Trinajstić information content (AvgIpc) is 3.01. The normalized spacial score (nSPS) is 16.9. The minimum Gasteiger partial charge on any atom is -0.347 e. The fourth-order valence-corrected chi connectivity index (χ4v) is 3.73. The van der Waals surface area contributed by atoms with E-state index in [0.717, 1.165) is 11.1 Å². The van der Waals surface area contributed by atoms with Gasteiger partial charge in [0, 0.05) is 12.1 Å². The molecule has 0 spiro atoms. The van der Waals surface area contributed by atoms with Crippen LogP contribution in [0.5, 0.6) is 0 Å². The van der Waals surface area contributed by atoms with Crippen LogP contribution in [0.25, 0.3) is 0 Å². The van der Waals surface area contributed by atoms with Crippen molar-refractivity contribution >= 4 is 5.91 Å². The van der Waals surface area contributed by atoms with E-state index in [1.807, 2.05) is 44.2 Å². The molecule has 1 atom stereocenters. The first-order chi connectivity index (χ1) is 14.3. The Labute approximate surface area is 173 Å². The summed E-state index contributed by atoms with van der Waals surface area (Å²) in [6.45, 7) is 5.70. The smallest absolute Gasteiger partial charge is 0.270 e. The molecule has 1 unspecified atom stereocenters. The van der Waals surface area contributed by atoms with Gasteiger partial charge in [0.1, 0.15) is 23.5 Å². The van der Waals surface area contributed by atoms with E-state index in [2.05, 4.69) is 15.6 Å². The zero-order valence-corrected chi connectivity index (χ0v) is 17.1. The van der Waals surface area contributed by atoms with Gasteiger partial charge in [-0.05, 0) is 44.0 Å². The number of rotatable bonds is 4. The van der Waals surface area contributed by atoms with Crippen molar-refractivity contribution in [1.29, 1.82) is 0 Å². The third-order valence-corrected chi connectivity index (χ3v) is 5.35. The van der Waals surface area contributed by atoms with Gasteiger partial charge in [-0.1, -0.05) is 42.5 Å². The van der Waals surface area contributed by atoms with Crippen LogP contribution in [0.1, 0.15) is 53.0 Å². The molecule has 2 heterocycles. The summed E-state index contributed by atoms with van der Waals surface area (Å²) in [5, 5.41) is 6.21. The van der Waals surface area contributed by atoms with Gasteiger partial charge in [-0.3, -0.25) is 19.5 Å². The molecule has 4 rings (SSSR count). The molecular weight excluding hydrogens is 383 g/mol. The van der Waals surface area contributed by atoms with Gasteiger partial charge < -0.3 is 5.32 Å². The zero-order valence-electron chi connectivity index (χ0n) is 17.1. The van der Waals surface area contributed by atoms with Gasteiger partial charge in [0.05, 0.1) is 5.54 Å². The number of halogens is 1. The Kier molecular flexibility index (Phi) is 4.99. The molecule has 1 aromatic heterocycles. The molecule has 7 heteroatoms. The Balaban J connectivity index is 1.68. The Bertz CT molecular complexity index is 1150. The van der Waals surface area contributed by atoms with E-state index < -0.39 is 11.4 Å². The lowest BCUT2D eigenvalue weighted by molar-refractivity contribution is 0.0944. The van der Waals surface area contributed by atoms with Crippen molar-refractivity contribution in [2.75, 3.05) is 0 Å². The SMILES string of the molecule is Cc1c(C(=O)NCc2ccc(F)cc2)nc2n(c1=O)C(c1ccccc1)NC2(C)C. The van der Waals surface area contributed by atoms with Crippen LogP contribution >= 0.6 is 0 Å². The van der Waals surface area contributed by atoms with Crippen molar-refractivity contribution < 1.29 is 9.18 Å². The summed E-state index contributed by atoms with van der Waals surface area (Å²) in [6.07, 6.45) is -0.355. The highest BCUT2D eigenvalue weighted by Crippen LogP contribution is 2.32. The minimum atomic E-state index is -0.598. The first-order valence-electron chi connectivity index (χ1n) is 9.77. The first kappa shape index (κ1) is 20.0. The molecule has 0 aliphatic carbocycles. The summed E-state index contributed by atoms with van der Waals surface area (Å²) in [4.78, 5) is 30.6. The molecule has 1 aliphatic rings. The molecule has 2 aromatic carbocycles. The van der Waals surface area contributed by atoms with Gasteiger partial charge in [0.25, 0.3) is 11.5 Å². The van der Waals surface area contributed by atoms with Gasteiger partial charge in [-0.25, -0.2) is 9.37 Å². The van der Waals surface area contributed by atoms with Crippen molar-refractivity contribution in [3.05, 3.63) is 99.0 Å². The minimum absolute atomic E-state index is 0.108. The maximum atomic E-state index is 13.2. The van der Waals surface area contributed by atoms with Crippen LogP contribution in [0, 0.1) is 12.7 Å². The number of hydrogen-bond acceptors (Lipinski definition) is 4. The maximum Gasteiger partial charge on any atom is 0.270 e. The molecule has 0 fully saturated rings. The van der Waals surface area contributed by atoms with Gasteiger partial charge in [-0.2, -0.15) is 0 Å². The van der Waals surface area contributed by atoms with Gasteiger partial charge in [-0.15, -0.1) is 0 Å². The van der Waals surface area contributed by atoms with Crippen LogP contribution in [0.15, 0.2) is 59.4 Å². The lowest BCUT2D eigenvalue weighted by Gasteiger charge is -2.19. The van der Waals surface area contributed by atoms with Crippen LogP contribution in [-0.4, -0.2) is 15.5 Å². The maximum absolute atomic E-state index is 13.2. The van der Waals surface area contributed by atoms with E-state index in [0.29, 0.717) is 5.82 Å². The number of hydrogen-bond donors (Lipinski definition) is 2. The molecule has 0 bridgehead atoms. The van der Waals surface area contributed by atoms with Crippen molar-refractivity contribution in [2.45, 2.75) is 39.0 Å². The molecule has 30 heavy (non-hydrogen) atoms. The highest BCUT2D eigenvalue weighted by molar-refractivity contribution is 5.93. The fourth-order valence-electron chi connectivity index (χ4n) is 3.73. The number of nitrogens with one attached hydrogen (secondary N) is 2. The topological polar surface area (TPSA) is 76.0 Å². The Morgan fingerprint density at radius 3 is 2.50 bits per heavy atom. The Morgan fingerprint density at radius 1 is 1.17 bits per heavy atom. The van der Waals surface area contributed by atoms with E-state index in [1.54, 1.807) is 23.6 Å². The standard InChI is InChI=1S/C23H23FN4O2/c1-14-18(20(29)25-13-15-9-11-17(24)12-10-15)26-22-23(2,3)27-19(28(22)21(14)30)16-7-5-4-6-8-16/h4-12,19,27H,13H2,1-3H3,(H,25,29).